The van der Waals surface area contributed by atoms with Gasteiger partial charge in [-0.2, -0.15) is 0 Å². The first-order valence-corrected chi connectivity index (χ1v) is 6.72. The number of nitrogens with two attached hydrogens (primary N) is 1. The summed E-state index contributed by atoms with van der Waals surface area (Å²) in [6.45, 7) is 1.29. The summed E-state index contributed by atoms with van der Waals surface area (Å²) in [5, 5.41) is 19.9. The average molecular weight is 294 g/mol. The Morgan fingerprint density at radius 1 is 1.48 bits per heavy atom. The van der Waals surface area contributed by atoms with E-state index in [1.54, 1.807) is 4.90 Å². The number of nitrogens with one attached hydrogen (secondary N) is 1. The van der Waals surface area contributed by atoms with Crippen LogP contribution in [0.25, 0.3) is 0 Å². The largest absolute Gasteiger partial charge is 0.396 e. The van der Waals surface area contributed by atoms with Crippen LogP contribution in [0.1, 0.15) is 23.2 Å². The zero-order valence-electron chi connectivity index (χ0n) is 11.5. The summed E-state index contributed by atoms with van der Waals surface area (Å²) in [6.07, 6.45) is 1.52. The van der Waals surface area contributed by atoms with Crippen LogP contribution < -0.4 is 11.3 Å². The van der Waals surface area contributed by atoms with Gasteiger partial charge < -0.3 is 15.4 Å². The lowest BCUT2D eigenvalue weighted by Gasteiger charge is -2.31. The molecule has 0 unspecified atom stereocenters. The zero-order valence-corrected chi connectivity index (χ0v) is 11.5. The van der Waals surface area contributed by atoms with Crippen molar-refractivity contribution in [2.24, 2.45) is 11.8 Å². The maximum absolute atomic E-state index is 12.4. The summed E-state index contributed by atoms with van der Waals surface area (Å²) >= 11 is 0. The van der Waals surface area contributed by atoms with Crippen molar-refractivity contribution in [3.8, 4) is 0 Å². The summed E-state index contributed by atoms with van der Waals surface area (Å²) in [6, 6.07) is 4.08. The van der Waals surface area contributed by atoms with Crippen LogP contribution in [0, 0.1) is 16.0 Å². The number of nitrogens with zero attached hydrogens (tertiary/aromatic N) is 2. The van der Waals surface area contributed by atoms with Crippen molar-refractivity contribution in [3.05, 3.63) is 33.9 Å². The van der Waals surface area contributed by atoms with Gasteiger partial charge in [0.1, 0.15) is 5.69 Å². The fourth-order valence-electron chi connectivity index (χ4n) is 2.45. The number of carbonyl (C=O) groups is 1. The lowest BCUT2D eigenvalue weighted by atomic mass is 9.97. The lowest BCUT2D eigenvalue weighted by molar-refractivity contribution is -0.384. The molecular formula is C13H18N4O4. The number of hydrazine groups is 1. The highest BCUT2D eigenvalue weighted by atomic mass is 16.6. The SMILES string of the molecule is NNc1cc(C(=O)N2CCC(CO)CC2)ccc1[N+](=O)[O-]. The van der Waals surface area contributed by atoms with Gasteiger partial charge in [0.25, 0.3) is 11.6 Å². The summed E-state index contributed by atoms with van der Waals surface area (Å²) in [4.78, 5) is 24.3. The number of anilines is 1. The van der Waals surface area contributed by atoms with E-state index in [4.69, 9.17) is 10.9 Å². The second kappa shape index (κ2) is 6.51. The predicted molar refractivity (Wildman–Crippen MR) is 76.6 cm³/mol. The molecule has 0 bridgehead atoms. The Morgan fingerprint density at radius 2 is 2.14 bits per heavy atom. The topological polar surface area (TPSA) is 122 Å². The first kappa shape index (κ1) is 15.2. The van der Waals surface area contributed by atoms with Crippen LogP contribution in [0.15, 0.2) is 18.2 Å². The van der Waals surface area contributed by atoms with E-state index in [0.29, 0.717) is 18.7 Å². The minimum absolute atomic E-state index is 0.107. The first-order chi connectivity index (χ1) is 10.1. The zero-order chi connectivity index (χ0) is 15.4. The molecule has 0 atom stereocenters. The molecular weight excluding hydrogens is 276 g/mol. The molecule has 1 amide bonds. The molecule has 0 aromatic heterocycles. The summed E-state index contributed by atoms with van der Waals surface area (Å²) in [5.41, 5.74) is 2.54. The Labute approximate surface area is 121 Å². The molecule has 4 N–H and O–H groups in total. The van der Waals surface area contributed by atoms with E-state index in [1.807, 2.05) is 0 Å². The summed E-state index contributed by atoms with van der Waals surface area (Å²) < 4.78 is 0. The molecule has 0 radical (unpaired) electrons. The molecule has 0 saturated carbocycles. The molecule has 8 nitrogen and oxygen atoms in total. The van der Waals surface area contributed by atoms with Gasteiger partial charge in [-0.25, -0.2) is 0 Å². The summed E-state index contributed by atoms with van der Waals surface area (Å²) in [5.74, 6) is 5.33. The van der Waals surface area contributed by atoms with Gasteiger partial charge in [-0.05, 0) is 30.9 Å². The Balaban J connectivity index is 2.15. The Hall–Kier alpha value is -2.19. The molecule has 1 saturated heterocycles. The second-order valence-corrected chi connectivity index (χ2v) is 5.05. The van der Waals surface area contributed by atoms with Crippen molar-refractivity contribution in [2.45, 2.75) is 12.8 Å². The molecule has 1 aliphatic heterocycles. The van der Waals surface area contributed by atoms with Gasteiger partial charge in [0, 0.05) is 31.3 Å². The number of hydrogen-bond acceptors (Lipinski definition) is 6. The van der Waals surface area contributed by atoms with E-state index in [9.17, 15) is 14.9 Å². The number of nitro benzene ring substituents is 1. The van der Waals surface area contributed by atoms with Crippen LogP contribution in [-0.2, 0) is 0 Å². The monoisotopic (exact) mass is 294 g/mol. The number of piperidine rings is 1. The number of likely N-dealkylation sites (tertiary alicyclic amines) is 1. The molecule has 21 heavy (non-hydrogen) atoms. The number of benzene rings is 1. The van der Waals surface area contributed by atoms with Crippen molar-refractivity contribution in [2.75, 3.05) is 25.1 Å². The van der Waals surface area contributed by atoms with Gasteiger partial charge >= 0.3 is 0 Å². The van der Waals surface area contributed by atoms with E-state index in [1.165, 1.54) is 18.2 Å². The van der Waals surface area contributed by atoms with Gasteiger partial charge in [-0.1, -0.05) is 0 Å². The van der Waals surface area contributed by atoms with Crippen LogP contribution in [0.2, 0.25) is 0 Å². The van der Waals surface area contributed by atoms with E-state index in [-0.39, 0.29) is 29.8 Å². The van der Waals surface area contributed by atoms with Crippen molar-refractivity contribution < 1.29 is 14.8 Å². The molecule has 1 aromatic carbocycles. The molecule has 8 heteroatoms. The maximum atomic E-state index is 12.4. The smallest absolute Gasteiger partial charge is 0.293 e. The highest BCUT2D eigenvalue weighted by Crippen LogP contribution is 2.26. The van der Waals surface area contributed by atoms with Gasteiger partial charge in [-0.3, -0.25) is 20.8 Å². The Kier molecular flexibility index (Phi) is 4.71. The molecule has 1 aliphatic rings. The normalized spacial score (nSPS) is 15.8. The van der Waals surface area contributed by atoms with Crippen LogP contribution in [0.4, 0.5) is 11.4 Å². The van der Waals surface area contributed by atoms with E-state index in [2.05, 4.69) is 5.43 Å². The van der Waals surface area contributed by atoms with Crippen LogP contribution >= 0.6 is 0 Å². The fourth-order valence-corrected chi connectivity index (χ4v) is 2.45. The van der Waals surface area contributed by atoms with E-state index in [0.717, 1.165) is 12.8 Å². The van der Waals surface area contributed by atoms with Crippen LogP contribution in [0.3, 0.4) is 0 Å². The molecule has 1 heterocycles. The second-order valence-electron chi connectivity index (χ2n) is 5.05. The van der Waals surface area contributed by atoms with E-state index < -0.39 is 4.92 Å². The third-order valence-corrected chi connectivity index (χ3v) is 3.76. The van der Waals surface area contributed by atoms with Crippen LogP contribution in [0.5, 0.6) is 0 Å². The third kappa shape index (κ3) is 3.29. The van der Waals surface area contributed by atoms with Gasteiger partial charge in [0.2, 0.25) is 0 Å². The number of rotatable bonds is 4. The molecule has 114 valence electrons. The summed E-state index contributed by atoms with van der Waals surface area (Å²) in [7, 11) is 0. The minimum atomic E-state index is -0.559. The fraction of sp³-hybridized carbons (Fsp3) is 0.462. The molecule has 1 fully saturated rings. The molecule has 2 rings (SSSR count). The quantitative estimate of drug-likeness (QED) is 0.427. The maximum Gasteiger partial charge on any atom is 0.293 e. The van der Waals surface area contributed by atoms with Crippen molar-refractivity contribution in [1.29, 1.82) is 0 Å². The van der Waals surface area contributed by atoms with Crippen molar-refractivity contribution in [3.63, 3.8) is 0 Å². The minimum Gasteiger partial charge on any atom is -0.396 e. The number of carbonyl (C=O) groups excluding carboxylic acids is 1. The molecule has 0 spiro atoms. The van der Waals surface area contributed by atoms with Crippen molar-refractivity contribution >= 4 is 17.3 Å². The molecule has 1 aromatic rings. The highest BCUT2D eigenvalue weighted by Gasteiger charge is 2.24. The van der Waals surface area contributed by atoms with Gasteiger partial charge in [0.15, 0.2) is 0 Å². The van der Waals surface area contributed by atoms with Gasteiger partial charge in [0.05, 0.1) is 4.92 Å². The van der Waals surface area contributed by atoms with Gasteiger partial charge in [-0.15, -0.1) is 0 Å². The highest BCUT2D eigenvalue weighted by molar-refractivity contribution is 5.96. The standard InChI is InChI=1S/C13H18N4O4/c14-15-11-7-10(1-2-12(11)17(20)21)13(19)16-5-3-9(8-18)4-6-16/h1-2,7,9,15,18H,3-6,8,14H2. The Bertz CT molecular complexity index is 541. The van der Waals surface area contributed by atoms with E-state index >= 15 is 0 Å². The number of nitro groups is 1. The van der Waals surface area contributed by atoms with Crippen molar-refractivity contribution in [1.82, 2.24) is 4.90 Å². The first-order valence-electron chi connectivity index (χ1n) is 6.72. The predicted octanol–water partition coefficient (Wildman–Crippen LogP) is 0.725. The molecule has 0 aliphatic carbocycles. The van der Waals surface area contributed by atoms with Crippen LogP contribution in [-0.4, -0.2) is 40.5 Å². The number of aliphatic hydroxyl groups is 1. The lowest BCUT2D eigenvalue weighted by Crippen LogP contribution is -2.39. The Morgan fingerprint density at radius 3 is 2.67 bits per heavy atom. The number of amides is 1. The third-order valence-electron chi connectivity index (χ3n) is 3.76. The number of hydrogen-bond donors (Lipinski definition) is 3. The average Bonchev–Trinajstić information content (AvgIpc) is 2.53. The number of aliphatic hydroxyl groups excluding tert-OH is 1. The number of nitrogen functional groups attached to an aromatic ring is 1.